The molecule has 4 heterocycles. The summed E-state index contributed by atoms with van der Waals surface area (Å²) in [5.41, 5.74) is 12.4. The predicted molar refractivity (Wildman–Crippen MR) is 234 cm³/mol. The van der Waals surface area contributed by atoms with Gasteiger partial charge in [-0.25, -0.2) is 19.9 Å². The number of likely N-dealkylation sites (tertiary alicyclic amines) is 1. The fourth-order valence-electron chi connectivity index (χ4n) is 7.68. The van der Waals surface area contributed by atoms with E-state index in [0.717, 1.165) is 89.8 Å². The van der Waals surface area contributed by atoms with Crippen molar-refractivity contribution >= 4 is 17.8 Å². The summed E-state index contributed by atoms with van der Waals surface area (Å²) in [4.78, 5) is 56.8. The highest BCUT2D eigenvalue weighted by atomic mass is 16.2. The predicted octanol–water partition coefficient (Wildman–Crippen LogP) is 8.72. The maximum absolute atomic E-state index is 14.1. The van der Waals surface area contributed by atoms with Crippen molar-refractivity contribution in [2.45, 2.75) is 78.9 Å². The van der Waals surface area contributed by atoms with Gasteiger partial charge in [-0.3, -0.25) is 14.5 Å². The van der Waals surface area contributed by atoms with Crippen LogP contribution in [-0.2, 0) is 16.1 Å². The first-order chi connectivity index (χ1) is 28.7. The Balaban J connectivity index is 0.000000757. The van der Waals surface area contributed by atoms with Gasteiger partial charge in [-0.2, -0.15) is 0 Å². The SMILES string of the molecule is CCCN(Cc1ncc(-c2ccc(-c3ccc(-c4cnc(C5CCCN5C(=O)CC(C)C)[nH]4)cc3)cc2)[nH]1)C(=O)C(c1ccccc1)N(CC)CC.Nc1ncccn1. The Labute approximate surface area is 348 Å². The molecular formula is C47H58N10O2. The van der Waals surface area contributed by atoms with Crippen LogP contribution in [0.25, 0.3) is 33.6 Å². The molecule has 0 spiro atoms. The third-order valence-corrected chi connectivity index (χ3v) is 10.7. The number of hydrogen-bond donors (Lipinski definition) is 3. The molecule has 0 radical (unpaired) electrons. The zero-order valence-corrected chi connectivity index (χ0v) is 35.0. The van der Waals surface area contributed by atoms with Gasteiger partial charge in [0, 0.05) is 31.9 Å². The molecule has 59 heavy (non-hydrogen) atoms. The van der Waals surface area contributed by atoms with E-state index in [1.165, 1.54) is 0 Å². The van der Waals surface area contributed by atoms with Crippen LogP contribution < -0.4 is 5.73 Å². The topological polar surface area (TPSA) is 153 Å². The van der Waals surface area contributed by atoms with Crippen molar-refractivity contribution in [2.24, 2.45) is 5.92 Å². The molecule has 1 aliphatic rings. The third kappa shape index (κ3) is 10.9. The normalized spacial score (nSPS) is 14.3. The number of carbonyl (C=O) groups excluding carboxylic acids is 2. The van der Waals surface area contributed by atoms with Gasteiger partial charge in [0.05, 0.1) is 36.4 Å². The summed E-state index contributed by atoms with van der Waals surface area (Å²) in [6, 6.07) is 28.5. The molecule has 1 fully saturated rings. The Morgan fingerprint density at radius 1 is 0.780 bits per heavy atom. The molecule has 3 aromatic heterocycles. The zero-order chi connectivity index (χ0) is 41.7. The summed E-state index contributed by atoms with van der Waals surface area (Å²) >= 11 is 0. The first-order valence-electron chi connectivity index (χ1n) is 20.9. The maximum atomic E-state index is 14.1. The molecule has 0 aliphatic carbocycles. The Bertz CT molecular complexity index is 2200. The van der Waals surface area contributed by atoms with E-state index in [1.54, 1.807) is 18.5 Å². The quantitative estimate of drug-likeness (QED) is 0.0934. The Morgan fingerprint density at radius 3 is 1.93 bits per heavy atom. The lowest BCUT2D eigenvalue weighted by atomic mass is 10.0. The number of benzene rings is 3. The van der Waals surface area contributed by atoms with Gasteiger partial charge in [-0.05, 0) is 72.2 Å². The molecule has 3 aromatic carbocycles. The number of nitrogens with zero attached hydrogens (tertiary/aromatic N) is 7. The van der Waals surface area contributed by atoms with Crippen LogP contribution in [0, 0.1) is 5.92 Å². The lowest BCUT2D eigenvalue weighted by Gasteiger charge is -2.33. The van der Waals surface area contributed by atoms with Crippen molar-refractivity contribution in [2.75, 3.05) is 31.9 Å². The van der Waals surface area contributed by atoms with Gasteiger partial charge in [0.15, 0.2) is 0 Å². The molecule has 1 saturated heterocycles. The molecule has 0 saturated carbocycles. The van der Waals surface area contributed by atoms with Gasteiger partial charge >= 0.3 is 0 Å². The first kappa shape index (κ1) is 42.5. The monoisotopic (exact) mass is 794 g/mol. The number of nitrogens with two attached hydrogens (primary N) is 1. The number of amides is 2. The second kappa shape index (κ2) is 20.5. The summed E-state index contributed by atoms with van der Waals surface area (Å²) in [6.07, 6.45) is 10.3. The molecular weight excluding hydrogens is 737 g/mol. The second-order valence-corrected chi connectivity index (χ2v) is 15.3. The molecule has 12 nitrogen and oxygen atoms in total. The number of nitrogens with one attached hydrogen (secondary N) is 2. The number of imidazole rings is 2. The highest BCUT2D eigenvalue weighted by molar-refractivity contribution is 5.83. The number of likely N-dealkylation sites (N-methyl/N-ethyl adjacent to an activating group) is 1. The third-order valence-electron chi connectivity index (χ3n) is 10.7. The van der Waals surface area contributed by atoms with E-state index >= 15 is 0 Å². The summed E-state index contributed by atoms with van der Waals surface area (Å²) in [6.45, 7) is 14.0. The van der Waals surface area contributed by atoms with Gasteiger partial charge in [0.2, 0.25) is 17.8 Å². The van der Waals surface area contributed by atoms with Crippen LogP contribution in [0.15, 0.2) is 110 Å². The largest absolute Gasteiger partial charge is 0.368 e. The van der Waals surface area contributed by atoms with Crippen LogP contribution in [0.2, 0.25) is 0 Å². The molecule has 12 heteroatoms. The van der Waals surface area contributed by atoms with Crippen molar-refractivity contribution in [1.29, 1.82) is 0 Å². The molecule has 1 aliphatic heterocycles. The van der Waals surface area contributed by atoms with Gasteiger partial charge in [0.25, 0.3) is 0 Å². The van der Waals surface area contributed by atoms with Crippen molar-refractivity contribution in [3.05, 3.63) is 127 Å². The number of aromatic nitrogens is 6. The standard InChI is InChI=1S/C43H53N7O2.C4H5N3/c1-6-24-49(43(52)41(48(7-2)8-3)35-13-10-9-11-14-35)29-39-44-27-36(46-39)33-20-16-31(17-21-33)32-18-22-34(23-19-32)37-28-45-42(47-37)38-15-12-25-50(38)40(51)26-30(4)5;5-4-6-2-1-3-7-4/h9-11,13-14,16-23,27-28,30,38,41H,6-8,12,15,24-26,29H2,1-5H3,(H,44,46)(H,45,47);1-3H,(H2,5,6,7). The number of nitrogen functional groups attached to an aromatic ring is 1. The summed E-state index contributed by atoms with van der Waals surface area (Å²) < 4.78 is 0. The van der Waals surface area contributed by atoms with Crippen LogP contribution in [0.1, 0.15) is 89.6 Å². The van der Waals surface area contributed by atoms with E-state index in [9.17, 15) is 9.59 Å². The number of anilines is 1. The molecule has 6 aromatic rings. The Hall–Kier alpha value is -6.14. The minimum Gasteiger partial charge on any atom is -0.368 e. The summed E-state index contributed by atoms with van der Waals surface area (Å²) in [5, 5.41) is 0. The van der Waals surface area contributed by atoms with Crippen LogP contribution >= 0.6 is 0 Å². The van der Waals surface area contributed by atoms with Gasteiger partial charge in [-0.15, -0.1) is 0 Å². The van der Waals surface area contributed by atoms with E-state index in [0.29, 0.717) is 31.4 Å². The van der Waals surface area contributed by atoms with Crippen LogP contribution in [0.3, 0.4) is 0 Å². The number of rotatable bonds is 15. The first-order valence-corrected chi connectivity index (χ1v) is 20.9. The van der Waals surface area contributed by atoms with Gasteiger partial charge in [-0.1, -0.05) is 113 Å². The second-order valence-electron chi connectivity index (χ2n) is 15.3. The van der Waals surface area contributed by atoms with Crippen molar-refractivity contribution in [3.8, 4) is 33.6 Å². The van der Waals surface area contributed by atoms with E-state index in [2.05, 4.69) is 108 Å². The van der Waals surface area contributed by atoms with Crippen molar-refractivity contribution in [1.82, 2.24) is 44.6 Å². The van der Waals surface area contributed by atoms with E-state index < -0.39 is 0 Å². The lowest BCUT2D eigenvalue weighted by Crippen LogP contribution is -2.43. The Morgan fingerprint density at radius 2 is 1.37 bits per heavy atom. The number of carbonyl (C=O) groups is 2. The van der Waals surface area contributed by atoms with Crippen LogP contribution in [0.5, 0.6) is 0 Å². The highest BCUT2D eigenvalue weighted by Gasteiger charge is 2.32. The maximum Gasteiger partial charge on any atom is 0.244 e. The smallest absolute Gasteiger partial charge is 0.244 e. The fraction of sp³-hybridized carbons (Fsp3) is 0.362. The van der Waals surface area contributed by atoms with E-state index in [1.807, 2.05) is 52.5 Å². The highest BCUT2D eigenvalue weighted by Crippen LogP contribution is 2.33. The fourth-order valence-corrected chi connectivity index (χ4v) is 7.68. The van der Waals surface area contributed by atoms with Crippen LogP contribution in [0.4, 0.5) is 5.95 Å². The van der Waals surface area contributed by atoms with Crippen molar-refractivity contribution < 1.29 is 9.59 Å². The minimum atomic E-state index is -0.329. The summed E-state index contributed by atoms with van der Waals surface area (Å²) in [5.74, 6) is 2.62. The molecule has 2 atom stereocenters. The molecule has 0 bridgehead atoms. The molecule has 2 amide bonds. The van der Waals surface area contributed by atoms with Gasteiger partial charge < -0.3 is 25.5 Å². The average molecular weight is 795 g/mol. The van der Waals surface area contributed by atoms with E-state index in [4.69, 9.17) is 15.7 Å². The van der Waals surface area contributed by atoms with E-state index in [-0.39, 0.29) is 23.9 Å². The minimum absolute atomic E-state index is 0.0195. The summed E-state index contributed by atoms with van der Waals surface area (Å²) in [7, 11) is 0. The molecule has 4 N–H and O–H groups in total. The van der Waals surface area contributed by atoms with Gasteiger partial charge in [0.1, 0.15) is 17.7 Å². The zero-order valence-electron chi connectivity index (χ0n) is 35.0. The molecule has 7 rings (SSSR count). The average Bonchev–Trinajstić information content (AvgIpc) is 4.05. The number of H-pyrrole nitrogens is 2. The lowest BCUT2D eigenvalue weighted by molar-refractivity contribution is -0.138. The van der Waals surface area contributed by atoms with Crippen molar-refractivity contribution in [3.63, 3.8) is 0 Å². The molecule has 308 valence electrons. The van der Waals surface area contributed by atoms with Crippen LogP contribution in [-0.4, -0.2) is 82.6 Å². The number of hydrogen-bond acceptors (Lipinski definition) is 8. The number of aromatic amines is 2. The Kier molecular flexibility index (Phi) is 14.8. The molecule has 2 unspecified atom stereocenters.